The van der Waals surface area contributed by atoms with Gasteiger partial charge in [-0.3, -0.25) is 9.59 Å². The molecule has 1 amide bonds. The number of nitrogens with zero attached hydrogens (tertiary/aromatic N) is 6. The quantitative estimate of drug-likeness (QED) is 0.736. The summed E-state index contributed by atoms with van der Waals surface area (Å²) < 4.78 is 2.66. The predicted octanol–water partition coefficient (Wildman–Crippen LogP) is 0.247. The highest BCUT2D eigenvalue weighted by Gasteiger charge is 2.19. The van der Waals surface area contributed by atoms with Crippen molar-refractivity contribution in [3.05, 3.63) is 64.3 Å². The van der Waals surface area contributed by atoms with Crippen molar-refractivity contribution in [3.63, 3.8) is 0 Å². The summed E-state index contributed by atoms with van der Waals surface area (Å²) >= 11 is 0. The van der Waals surface area contributed by atoms with Gasteiger partial charge in [-0.05, 0) is 35.5 Å². The third kappa shape index (κ3) is 3.05. The molecule has 122 valence electrons. The summed E-state index contributed by atoms with van der Waals surface area (Å²) in [5.74, 6) is 0.0695. The first-order chi connectivity index (χ1) is 11.6. The number of tetrazole rings is 1. The Labute approximate surface area is 136 Å². The van der Waals surface area contributed by atoms with Gasteiger partial charge in [0.25, 0.3) is 11.5 Å². The van der Waals surface area contributed by atoms with Crippen molar-refractivity contribution >= 4 is 5.91 Å². The standard InChI is InChI=1S/C15H15N7O2/c1-10(16-15(24)12-8-9-13(23)21(2)18-12)14-17-19-20-22(14)11-6-4-3-5-7-11/h3-10H,1-2H3,(H,16,24). The Morgan fingerprint density at radius 1 is 1.17 bits per heavy atom. The topological polar surface area (TPSA) is 108 Å². The van der Waals surface area contributed by atoms with E-state index in [1.807, 2.05) is 30.3 Å². The summed E-state index contributed by atoms with van der Waals surface area (Å²) in [6.07, 6.45) is 0. The number of benzene rings is 1. The van der Waals surface area contributed by atoms with Gasteiger partial charge in [-0.25, -0.2) is 4.68 Å². The van der Waals surface area contributed by atoms with E-state index in [1.54, 1.807) is 11.6 Å². The molecule has 24 heavy (non-hydrogen) atoms. The number of carbonyl (C=O) groups is 1. The van der Waals surface area contributed by atoms with Crippen LogP contribution in [0.1, 0.15) is 29.3 Å². The van der Waals surface area contributed by atoms with Crippen LogP contribution in [0.3, 0.4) is 0 Å². The maximum atomic E-state index is 12.3. The molecule has 0 saturated carbocycles. The fourth-order valence-corrected chi connectivity index (χ4v) is 2.18. The van der Waals surface area contributed by atoms with Crippen LogP contribution in [-0.4, -0.2) is 35.9 Å². The summed E-state index contributed by atoms with van der Waals surface area (Å²) in [5, 5.41) is 18.3. The van der Waals surface area contributed by atoms with Crippen LogP contribution in [0.15, 0.2) is 47.3 Å². The average molecular weight is 325 g/mol. The van der Waals surface area contributed by atoms with E-state index in [1.165, 1.54) is 19.2 Å². The Hall–Kier alpha value is -3.36. The van der Waals surface area contributed by atoms with Gasteiger partial charge in [0, 0.05) is 13.1 Å². The first-order valence-corrected chi connectivity index (χ1v) is 7.25. The minimum absolute atomic E-state index is 0.141. The molecule has 1 atom stereocenters. The molecule has 1 unspecified atom stereocenters. The SMILES string of the molecule is CC(NC(=O)c1ccc(=O)n(C)n1)c1nnnn1-c1ccccc1. The van der Waals surface area contributed by atoms with Gasteiger partial charge in [-0.15, -0.1) is 5.10 Å². The normalized spacial score (nSPS) is 11.9. The minimum atomic E-state index is -0.452. The van der Waals surface area contributed by atoms with E-state index in [0.29, 0.717) is 5.82 Å². The van der Waals surface area contributed by atoms with Crippen molar-refractivity contribution in [1.82, 2.24) is 35.3 Å². The number of amides is 1. The van der Waals surface area contributed by atoms with E-state index in [2.05, 4.69) is 25.9 Å². The van der Waals surface area contributed by atoms with Gasteiger partial charge in [0.15, 0.2) is 5.82 Å². The van der Waals surface area contributed by atoms with Crippen LogP contribution in [-0.2, 0) is 7.05 Å². The second kappa shape index (κ2) is 6.41. The zero-order valence-electron chi connectivity index (χ0n) is 13.1. The van der Waals surface area contributed by atoms with Crippen molar-refractivity contribution in [2.24, 2.45) is 7.05 Å². The lowest BCUT2D eigenvalue weighted by Gasteiger charge is -2.13. The lowest BCUT2D eigenvalue weighted by molar-refractivity contribution is 0.0930. The fourth-order valence-electron chi connectivity index (χ4n) is 2.18. The third-order valence-electron chi connectivity index (χ3n) is 3.42. The van der Waals surface area contributed by atoms with Crippen LogP contribution < -0.4 is 10.9 Å². The number of aryl methyl sites for hydroxylation is 1. The smallest absolute Gasteiger partial charge is 0.272 e. The largest absolute Gasteiger partial charge is 0.341 e. The Morgan fingerprint density at radius 3 is 2.62 bits per heavy atom. The van der Waals surface area contributed by atoms with Gasteiger partial charge >= 0.3 is 0 Å². The second-order valence-electron chi connectivity index (χ2n) is 5.16. The van der Waals surface area contributed by atoms with Crippen molar-refractivity contribution in [2.75, 3.05) is 0 Å². The Bertz CT molecular complexity index is 917. The number of hydrogen-bond donors (Lipinski definition) is 1. The molecule has 9 heteroatoms. The number of para-hydroxylation sites is 1. The predicted molar refractivity (Wildman–Crippen MR) is 84.5 cm³/mol. The molecule has 0 aliphatic rings. The van der Waals surface area contributed by atoms with Crippen LogP contribution in [0, 0.1) is 0 Å². The van der Waals surface area contributed by atoms with Crippen LogP contribution in [0.5, 0.6) is 0 Å². The summed E-state index contributed by atoms with van der Waals surface area (Å²) in [5.41, 5.74) is 0.647. The van der Waals surface area contributed by atoms with Crippen LogP contribution in [0.25, 0.3) is 5.69 Å². The molecule has 1 aromatic carbocycles. The lowest BCUT2D eigenvalue weighted by Crippen LogP contribution is -2.31. The van der Waals surface area contributed by atoms with Crippen LogP contribution in [0.2, 0.25) is 0 Å². The third-order valence-corrected chi connectivity index (χ3v) is 3.42. The van der Waals surface area contributed by atoms with Gasteiger partial charge in [0.05, 0.1) is 11.7 Å². The number of rotatable bonds is 4. The average Bonchev–Trinajstić information content (AvgIpc) is 3.08. The van der Waals surface area contributed by atoms with E-state index in [4.69, 9.17) is 0 Å². The molecule has 1 N–H and O–H groups in total. The van der Waals surface area contributed by atoms with E-state index in [0.717, 1.165) is 10.4 Å². The molecule has 0 bridgehead atoms. The maximum Gasteiger partial charge on any atom is 0.272 e. The Morgan fingerprint density at radius 2 is 1.92 bits per heavy atom. The summed E-state index contributed by atoms with van der Waals surface area (Å²) in [7, 11) is 1.48. The molecule has 0 radical (unpaired) electrons. The molecule has 0 fully saturated rings. The van der Waals surface area contributed by atoms with Gasteiger partial charge in [-0.1, -0.05) is 18.2 Å². The molecular formula is C15H15N7O2. The second-order valence-corrected chi connectivity index (χ2v) is 5.16. The molecule has 3 rings (SSSR count). The van der Waals surface area contributed by atoms with E-state index in [9.17, 15) is 9.59 Å². The molecule has 3 aromatic rings. The van der Waals surface area contributed by atoms with Crippen molar-refractivity contribution in [2.45, 2.75) is 13.0 Å². The van der Waals surface area contributed by atoms with Gasteiger partial charge in [0.2, 0.25) is 0 Å². The summed E-state index contributed by atoms with van der Waals surface area (Å²) in [6.45, 7) is 1.77. The fraction of sp³-hybridized carbons (Fsp3) is 0.200. The molecule has 0 aliphatic carbocycles. The molecule has 0 aliphatic heterocycles. The minimum Gasteiger partial charge on any atom is -0.341 e. The Kier molecular flexibility index (Phi) is 4.15. The number of nitrogens with one attached hydrogen (secondary N) is 1. The monoisotopic (exact) mass is 325 g/mol. The zero-order valence-corrected chi connectivity index (χ0v) is 13.1. The molecule has 9 nitrogen and oxygen atoms in total. The first kappa shape index (κ1) is 15.5. The Balaban J connectivity index is 1.82. The summed E-state index contributed by atoms with van der Waals surface area (Å²) in [6, 6.07) is 11.6. The molecular weight excluding hydrogens is 310 g/mol. The lowest BCUT2D eigenvalue weighted by atomic mass is 10.2. The van der Waals surface area contributed by atoms with Gasteiger partial charge in [0.1, 0.15) is 5.69 Å². The molecule has 2 aromatic heterocycles. The molecule has 0 saturated heterocycles. The van der Waals surface area contributed by atoms with Crippen LogP contribution in [0.4, 0.5) is 0 Å². The number of carbonyl (C=O) groups excluding carboxylic acids is 1. The highest BCUT2D eigenvalue weighted by Crippen LogP contribution is 2.13. The van der Waals surface area contributed by atoms with E-state index in [-0.39, 0.29) is 11.3 Å². The number of aromatic nitrogens is 6. The molecule has 2 heterocycles. The maximum absolute atomic E-state index is 12.3. The number of hydrogen-bond acceptors (Lipinski definition) is 6. The zero-order chi connectivity index (χ0) is 17.1. The summed E-state index contributed by atoms with van der Waals surface area (Å²) in [4.78, 5) is 23.6. The van der Waals surface area contributed by atoms with Crippen molar-refractivity contribution in [1.29, 1.82) is 0 Å². The van der Waals surface area contributed by atoms with Crippen molar-refractivity contribution < 1.29 is 4.79 Å². The first-order valence-electron chi connectivity index (χ1n) is 7.25. The van der Waals surface area contributed by atoms with Crippen LogP contribution >= 0.6 is 0 Å². The van der Waals surface area contributed by atoms with Crippen molar-refractivity contribution in [3.8, 4) is 5.69 Å². The van der Waals surface area contributed by atoms with E-state index < -0.39 is 11.9 Å². The van der Waals surface area contributed by atoms with Gasteiger partial charge in [-0.2, -0.15) is 9.78 Å². The van der Waals surface area contributed by atoms with Gasteiger partial charge < -0.3 is 5.32 Å². The highest BCUT2D eigenvalue weighted by molar-refractivity contribution is 5.92. The highest BCUT2D eigenvalue weighted by atomic mass is 16.2. The molecule has 0 spiro atoms. The van der Waals surface area contributed by atoms with E-state index >= 15 is 0 Å².